The molecule has 0 aromatic heterocycles. The quantitative estimate of drug-likeness (QED) is 0.329. The minimum Gasteiger partial charge on any atom is -0.497 e. The molecule has 2 aromatic rings. The third kappa shape index (κ3) is 4.60. The molecule has 0 spiro atoms. The molecule has 0 unspecified atom stereocenters. The summed E-state index contributed by atoms with van der Waals surface area (Å²) in [5, 5.41) is 14.3. The van der Waals surface area contributed by atoms with Crippen molar-refractivity contribution in [3.8, 4) is 5.75 Å². The van der Waals surface area contributed by atoms with Crippen LogP contribution in [0.5, 0.6) is 5.75 Å². The molecule has 0 saturated heterocycles. The highest BCUT2D eigenvalue weighted by Crippen LogP contribution is 2.31. The van der Waals surface area contributed by atoms with Gasteiger partial charge in [-0.1, -0.05) is 0 Å². The molecule has 27 heavy (non-hydrogen) atoms. The molecule has 1 saturated carbocycles. The van der Waals surface area contributed by atoms with E-state index in [2.05, 4.69) is 5.32 Å². The van der Waals surface area contributed by atoms with Crippen LogP contribution in [0.25, 0.3) is 0 Å². The predicted molar refractivity (Wildman–Crippen MR) is 97.3 cm³/mol. The van der Waals surface area contributed by atoms with E-state index < -0.39 is 17.5 Å². The zero-order chi connectivity index (χ0) is 19.4. The van der Waals surface area contributed by atoms with Crippen molar-refractivity contribution in [2.45, 2.75) is 18.9 Å². The Balaban J connectivity index is 1.65. The Morgan fingerprint density at radius 2 is 1.81 bits per heavy atom. The number of carbonyl (C=O) groups is 2. The van der Waals surface area contributed by atoms with Crippen molar-refractivity contribution >= 4 is 23.1 Å². The van der Waals surface area contributed by atoms with Crippen molar-refractivity contribution in [2.24, 2.45) is 0 Å². The smallest absolute Gasteiger partial charge is 0.338 e. The van der Waals surface area contributed by atoms with Gasteiger partial charge in [0.05, 0.1) is 17.6 Å². The Morgan fingerprint density at radius 1 is 1.15 bits per heavy atom. The minimum atomic E-state index is -0.794. The monoisotopic (exact) mass is 370 g/mol. The Morgan fingerprint density at radius 3 is 2.41 bits per heavy atom. The summed E-state index contributed by atoms with van der Waals surface area (Å²) in [4.78, 5) is 35.0. The summed E-state index contributed by atoms with van der Waals surface area (Å²) < 4.78 is 10.0. The maximum atomic E-state index is 12.2. The van der Waals surface area contributed by atoms with Crippen LogP contribution in [0.3, 0.4) is 0 Å². The zero-order valence-electron chi connectivity index (χ0n) is 14.6. The third-order valence-electron chi connectivity index (χ3n) is 4.11. The van der Waals surface area contributed by atoms with Gasteiger partial charge in [-0.2, -0.15) is 0 Å². The van der Waals surface area contributed by atoms with Gasteiger partial charge in [0.15, 0.2) is 12.4 Å². The number of Topliss-reactive ketones (excluding diaryl/α,β-unsaturated/α-hetero) is 1. The van der Waals surface area contributed by atoms with Gasteiger partial charge in [0.1, 0.15) is 11.4 Å². The lowest BCUT2D eigenvalue weighted by Crippen LogP contribution is -2.14. The summed E-state index contributed by atoms with van der Waals surface area (Å²) >= 11 is 0. The highest BCUT2D eigenvalue weighted by Gasteiger charge is 2.26. The summed E-state index contributed by atoms with van der Waals surface area (Å²) in [5.41, 5.74) is 0.565. The van der Waals surface area contributed by atoms with Gasteiger partial charge in [0.25, 0.3) is 5.69 Å². The van der Waals surface area contributed by atoms with Gasteiger partial charge >= 0.3 is 5.97 Å². The van der Waals surface area contributed by atoms with Crippen molar-refractivity contribution in [1.29, 1.82) is 0 Å². The van der Waals surface area contributed by atoms with Gasteiger partial charge in [-0.05, 0) is 49.2 Å². The highest BCUT2D eigenvalue weighted by atomic mass is 16.6. The molecular weight excluding hydrogens is 352 g/mol. The fraction of sp³-hybridized carbons (Fsp3) is 0.263. The minimum absolute atomic E-state index is 0.0191. The van der Waals surface area contributed by atoms with Crippen LogP contribution >= 0.6 is 0 Å². The molecule has 0 bridgehead atoms. The van der Waals surface area contributed by atoms with Crippen LogP contribution in [0.1, 0.15) is 33.6 Å². The number of nitro groups is 1. The van der Waals surface area contributed by atoms with Crippen LogP contribution < -0.4 is 10.1 Å². The van der Waals surface area contributed by atoms with Crippen molar-refractivity contribution in [3.05, 3.63) is 63.7 Å². The number of ketones is 1. The first kappa shape index (κ1) is 18.4. The van der Waals surface area contributed by atoms with Crippen molar-refractivity contribution in [1.82, 2.24) is 0 Å². The Bertz CT molecular complexity index is 874. The number of carbonyl (C=O) groups excluding carboxylic acids is 2. The number of rotatable bonds is 8. The molecule has 0 radical (unpaired) electrons. The molecule has 1 N–H and O–H groups in total. The van der Waals surface area contributed by atoms with Crippen molar-refractivity contribution < 1.29 is 24.0 Å². The summed E-state index contributed by atoms with van der Waals surface area (Å²) in [5.74, 6) is -0.568. The van der Waals surface area contributed by atoms with Crippen LogP contribution in [-0.4, -0.2) is 36.4 Å². The number of nitrogens with one attached hydrogen (secondary N) is 1. The molecule has 8 heteroatoms. The first-order valence-electron chi connectivity index (χ1n) is 8.37. The molecule has 2 aromatic carbocycles. The maximum absolute atomic E-state index is 12.2. The lowest BCUT2D eigenvalue weighted by Gasteiger charge is -2.08. The van der Waals surface area contributed by atoms with E-state index in [-0.39, 0.29) is 23.1 Å². The largest absolute Gasteiger partial charge is 0.497 e. The number of hydrogen-bond acceptors (Lipinski definition) is 7. The molecule has 140 valence electrons. The molecular formula is C19H18N2O6. The molecule has 3 rings (SSSR count). The lowest BCUT2D eigenvalue weighted by atomic mass is 10.1. The first-order valence-corrected chi connectivity index (χ1v) is 8.37. The van der Waals surface area contributed by atoms with E-state index in [4.69, 9.17) is 9.47 Å². The number of methoxy groups -OCH3 is 1. The van der Waals surface area contributed by atoms with Crippen LogP contribution in [-0.2, 0) is 4.74 Å². The van der Waals surface area contributed by atoms with Gasteiger partial charge in [-0.3, -0.25) is 14.9 Å². The molecule has 0 atom stereocenters. The Labute approximate surface area is 155 Å². The summed E-state index contributed by atoms with van der Waals surface area (Å²) in [7, 11) is 1.52. The third-order valence-corrected chi connectivity index (χ3v) is 4.11. The second kappa shape index (κ2) is 7.86. The van der Waals surface area contributed by atoms with E-state index in [9.17, 15) is 19.7 Å². The molecule has 8 nitrogen and oxygen atoms in total. The van der Waals surface area contributed by atoms with Gasteiger partial charge in [0.2, 0.25) is 0 Å². The fourth-order valence-corrected chi connectivity index (χ4v) is 2.45. The second-order valence-electron chi connectivity index (χ2n) is 6.14. The summed E-state index contributed by atoms with van der Waals surface area (Å²) in [6, 6.07) is 10.7. The average Bonchev–Trinajstić information content (AvgIpc) is 3.50. The molecule has 1 aliphatic rings. The van der Waals surface area contributed by atoms with E-state index in [0.717, 1.165) is 18.9 Å². The van der Waals surface area contributed by atoms with E-state index in [1.54, 1.807) is 24.3 Å². The van der Waals surface area contributed by atoms with E-state index in [1.807, 2.05) is 0 Å². The summed E-state index contributed by atoms with van der Waals surface area (Å²) in [6.07, 6.45) is 1.93. The molecule has 0 heterocycles. The second-order valence-corrected chi connectivity index (χ2v) is 6.14. The standard InChI is InChI=1S/C19H18N2O6/c1-26-15-7-2-12(3-8-15)18(22)11-27-19(23)13-4-9-16(20-14-5-6-14)17(10-13)21(24)25/h2-4,7-10,14,20H,5-6,11H2,1H3. The Hall–Kier alpha value is -3.42. The van der Waals surface area contributed by atoms with Gasteiger partial charge in [-0.25, -0.2) is 4.79 Å². The molecule has 1 fully saturated rings. The number of anilines is 1. The summed E-state index contributed by atoms with van der Waals surface area (Å²) in [6.45, 7) is -0.457. The zero-order valence-corrected chi connectivity index (χ0v) is 14.6. The topological polar surface area (TPSA) is 108 Å². The van der Waals surface area contributed by atoms with Crippen molar-refractivity contribution in [2.75, 3.05) is 19.0 Å². The number of hydrogen-bond donors (Lipinski definition) is 1. The lowest BCUT2D eigenvalue weighted by molar-refractivity contribution is -0.384. The van der Waals surface area contributed by atoms with Crippen molar-refractivity contribution in [3.63, 3.8) is 0 Å². The fourth-order valence-electron chi connectivity index (χ4n) is 2.45. The predicted octanol–water partition coefficient (Wildman–Crippen LogP) is 3.22. The maximum Gasteiger partial charge on any atom is 0.338 e. The van der Waals surface area contributed by atoms with Crippen LogP contribution in [0, 0.1) is 10.1 Å². The van der Waals surface area contributed by atoms with E-state index in [0.29, 0.717) is 17.0 Å². The average molecular weight is 370 g/mol. The molecule has 1 aliphatic carbocycles. The number of ether oxygens (including phenoxy) is 2. The number of esters is 1. The SMILES string of the molecule is COc1ccc(C(=O)COC(=O)c2ccc(NC3CC3)c([N+](=O)[O-])c2)cc1. The number of nitro benzene ring substituents is 1. The van der Waals surface area contributed by atoms with Gasteiger partial charge in [-0.15, -0.1) is 0 Å². The van der Waals surface area contributed by atoms with E-state index >= 15 is 0 Å². The highest BCUT2D eigenvalue weighted by molar-refractivity contribution is 5.99. The van der Waals surface area contributed by atoms with Gasteiger partial charge < -0.3 is 14.8 Å². The van der Waals surface area contributed by atoms with Gasteiger partial charge in [0, 0.05) is 17.7 Å². The molecule has 0 aliphatic heterocycles. The number of nitrogens with zero attached hydrogens (tertiary/aromatic N) is 1. The normalized spacial score (nSPS) is 12.9. The Kier molecular flexibility index (Phi) is 5.35. The van der Waals surface area contributed by atoms with Crippen LogP contribution in [0.4, 0.5) is 11.4 Å². The van der Waals surface area contributed by atoms with Crippen LogP contribution in [0.2, 0.25) is 0 Å². The number of benzene rings is 2. The van der Waals surface area contributed by atoms with Crippen LogP contribution in [0.15, 0.2) is 42.5 Å². The first-order chi connectivity index (χ1) is 13.0. The molecule has 0 amide bonds. The van der Waals surface area contributed by atoms with E-state index in [1.165, 1.54) is 19.2 Å².